The second-order valence-electron chi connectivity index (χ2n) is 5.42. The number of rotatable bonds is 5. The minimum absolute atomic E-state index is 0.221. The first-order valence-corrected chi connectivity index (χ1v) is 8.42. The summed E-state index contributed by atoms with van der Waals surface area (Å²) in [6.45, 7) is 0.545. The quantitative estimate of drug-likeness (QED) is 0.761. The molecular formula is C15H13ClN4O2S. The van der Waals surface area contributed by atoms with Gasteiger partial charge in [0.25, 0.3) is 5.91 Å². The van der Waals surface area contributed by atoms with Crippen LogP contribution in [0.25, 0.3) is 0 Å². The van der Waals surface area contributed by atoms with Crippen LogP contribution in [-0.4, -0.2) is 20.8 Å². The van der Waals surface area contributed by atoms with E-state index in [-0.39, 0.29) is 11.7 Å². The molecule has 0 unspecified atom stereocenters. The van der Waals surface area contributed by atoms with Gasteiger partial charge in [-0.3, -0.25) is 4.79 Å². The number of carbonyl (C=O) groups excluding carboxylic acids is 1. The molecule has 118 valence electrons. The Kier molecular flexibility index (Phi) is 3.66. The SMILES string of the molecule is O=C(Nc1ccnn1Cc1ccc(Cl)s1)c1cc(C2CC2)no1. The van der Waals surface area contributed by atoms with Gasteiger partial charge in [-0.15, -0.1) is 11.3 Å². The topological polar surface area (TPSA) is 73.0 Å². The number of carbonyl (C=O) groups is 1. The largest absolute Gasteiger partial charge is 0.351 e. The van der Waals surface area contributed by atoms with Crippen molar-refractivity contribution < 1.29 is 9.32 Å². The average Bonchev–Trinajstić information content (AvgIpc) is 2.94. The van der Waals surface area contributed by atoms with Crippen molar-refractivity contribution in [1.82, 2.24) is 14.9 Å². The number of hydrogen-bond donors (Lipinski definition) is 1. The van der Waals surface area contributed by atoms with Gasteiger partial charge in [-0.2, -0.15) is 5.10 Å². The fourth-order valence-corrected chi connectivity index (χ4v) is 3.36. The maximum Gasteiger partial charge on any atom is 0.295 e. The Morgan fingerprint density at radius 2 is 2.30 bits per heavy atom. The predicted octanol–water partition coefficient (Wildman–Crippen LogP) is 3.76. The molecule has 1 fully saturated rings. The monoisotopic (exact) mass is 348 g/mol. The summed E-state index contributed by atoms with van der Waals surface area (Å²) in [6, 6.07) is 7.24. The average molecular weight is 349 g/mol. The highest BCUT2D eigenvalue weighted by Gasteiger charge is 2.28. The standard InChI is InChI=1S/C15H13ClN4O2S/c16-13-4-3-10(23-13)8-20-14(5-6-17-20)18-15(21)12-7-11(19-22-12)9-1-2-9/h3-7,9H,1-2,8H2,(H,18,21). The third-order valence-corrected chi connectivity index (χ3v) is 4.86. The van der Waals surface area contributed by atoms with E-state index in [1.807, 2.05) is 12.1 Å². The normalized spacial score (nSPS) is 14.1. The van der Waals surface area contributed by atoms with Gasteiger partial charge in [0, 0.05) is 22.9 Å². The van der Waals surface area contributed by atoms with E-state index in [1.165, 1.54) is 11.3 Å². The molecule has 3 heterocycles. The lowest BCUT2D eigenvalue weighted by atomic mass is 10.2. The lowest BCUT2D eigenvalue weighted by Gasteiger charge is -2.06. The number of amides is 1. The molecular weight excluding hydrogens is 336 g/mol. The van der Waals surface area contributed by atoms with E-state index in [0.717, 1.165) is 27.7 Å². The Bertz CT molecular complexity index is 849. The first-order chi connectivity index (χ1) is 11.2. The molecule has 23 heavy (non-hydrogen) atoms. The zero-order valence-electron chi connectivity index (χ0n) is 12.0. The summed E-state index contributed by atoms with van der Waals surface area (Å²) in [7, 11) is 0. The molecule has 0 bridgehead atoms. The number of halogens is 1. The van der Waals surface area contributed by atoms with Crippen LogP contribution in [0.5, 0.6) is 0 Å². The number of aromatic nitrogens is 3. The highest BCUT2D eigenvalue weighted by atomic mass is 35.5. The van der Waals surface area contributed by atoms with E-state index < -0.39 is 0 Å². The first kappa shape index (κ1) is 14.5. The molecule has 3 aromatic heterocycles. The van der Waals surface area contributed by atoms with Crippen molar-refractivity contribution in [3.05, 3.63) is 51.1 Å². The summed E-state index contributed by atoms with van der Waals surface area (Å²) >= 11 is 7.42. The van der Waals surface area contributed by atoms with Crippen LogP contribution < -0.4 is 5.32 Å². The summed E-state index contributed by atoms with van der Waals surface area (Å²) in [4.78, 5) is 13.3. The Balaban J connectivity index is 1.47. The number of nitrogens with zero attached hydrogens (tertiary/aromatic N) is 3. The minimum atomic E-state index is -0.324. The lowest BCUT2D eigenvalue weighted by molar-refractivity contribution is 0.0987. The molecule has 0 radical (unpaired) electrons. The Labute approximate surface area is 141 Å². The number of thiophene rings is 1. The molecule has 0 saturated heterocycles. The van der Waals surface area contributed by atoms with Gasteiger partial charge in [0.1, 0.15) is 5.82 Å². The van der Waals surface area contributed by atoms with Gasteiger partial charge in [0.05, 0.1) is 22.8 Å². The van der Waals surface area contributed by atoms with Gasteiger partial charge in [-0.1, -0.05) is 16.8 Å². The van der Waals surface area contributed by atoms with Gasteiger partial charge < -0.3 is 9.84 Å². The second kappa shape index (κ2) is 5.82. The zero-order valence-corrected chi connectivity index (χ0v) is 13.6. The molecule has 3 aromatic rings. The highest BCUT2D eigenvalue weighted by molar-refractivity contribution is 7.16. The Morgan fingerprint density at radius 3 is 3.04 bits per heavy atom. The molecule has 0 aliphatic heterocycles. The smallest absolute Gasteiger partial charge is 0.295 e. The van der Waals surface area contributed by atoms with Crippen LogP contribution in [-0.2, 0) is 6.54 Å². The fourth-order valence-electron chi connectivity index (χ4n) is 2.29. The van der Waals surface area contributed by atoms with E-state index >= 15 is 0 Å². The van der Waals surface area contributed by atoms with Crippen molar-refractivity contribution in [1.29, 1.82) is 0 Å². The molecule has 1 saturated carbocycles. The molecule has 6 nitrogen and oxygen atoms in total. The van der Waals surface area contributed by atoms with Crippen LogP contribution >= 0.6 is 22.9 Å². The van der Waals surface area contributed by atoms with Crippen LogP contribution in [0.2, 0.25) is 4.34 Å². The number of nitrogens with one attached hydrogen (secondary N) is 1. The van der Waals surface area contributed by atoms with Crippen molar-refractivity contribution in [3.8, 4) is 0 Å². The van der Waals surface area contributed by atoms with Crippen LogP contribution in [0.4, 0.5) is 5.82 Å². The van der Waals surface area contributed by atoms with Crippen molar-refractivity contribution in [2.24, 2.45) is 0 Å². The maximum absolute atomic E-state index is 12.3. The summed E-state index contributed by atoms with van der Waals surface area (Å²) < 4.78 is 7.57. The van der Waals surface area contributed by atoms with Gasteiger partial charge in [0.15, 0.2) is 0 Å². The maximum atomic E-state index is 12.3. The summed E-state index contributed by atoms with van der Waals surface area (Å²) in [5.41, 5.74) is 0.858. The van der Waals surface area contributed by atoms with Crippen molar-refractivity contribution >= 4 is 34.7 Å². The van der Waals surface area contributed by atoms with Crippen LogP contribution in [0, 0.1) is 0 Å². The third-order valence-electron chi connectivity index (χ3n) is 3.64. The molecule has 1 aliphatic rings. The molecule has 1 aliphatic carbocycles. The minimum Gasteiger partial charge on any atom is -0.351 e. The van der Waals surface area contributed by atoms with Gasteiger partial charge in [-0.25, -0.2) is 4.68 Å². The van der Waals surface area contributed by atoms with Crippen molar-refractivity contribution in [2.45, 2.75) is 25.3 Å². The molecule has 8 heteroatoms. The lowest BCUT2D eigenvalue weighted by Crippen LogP contribution is -2.15. The third kappa shape index (κ3) is 3.16. The molecule has 1 amide bonds. The Hall–Kier alpha value is -2.12. The summed E-state index contributed by atoms with van der Waals surface area (Å²) in [5, 5.41) is 11.0. The number of anilines is 1. The fraction of sp³-hybridized carbons (Fsp3) is 0.267. The van der Waals surface area contributed by atoms with E-state index in [0.29, 0.717) is 18.3 Å². The molecule has 4 rings (SSSR count). The number of hydrogen-bond acceptors (Lipinski definition) is 5. The summed E-state index contributed by atoms with van der Waals surface area (Å²) in [5.74, 6) is 0.951. The van der Waals surface area contributed by atoms with E-state index in [2.05, 4.69) is 15.6 Å². The van der Waals surface area contributed by atoms with Gasteiger partial charge in [-0.05, 0) is 25.0 Å². The van der Waals surface area contributed by atoms with Crippen LogP contribution in [0.3, 0.4) is 0 Å². The van der Waals surface area contributed by atoms with Crippen molar-refractivity contribution in [3.63, 3.8) is 0 Å². The highest BCUT2D eigenvalue weighted by Crippen LogP contribution is 2.39. The molecule has 1 N–H and O–H groups in total. The van der Waals surface area contributed by atoms with Crippen LogP contribution in [0.1, 0.15) is 39.9 Å². The zero-order chi connectivity index (χ0) is 15.8. The van der Waals surface area contributed by atoms with Crippen molar-refractivity contribution in [2.75, 3.05) is 5.32 Å². The predicted molar refractivity (Wildman–Crippen MR) is 87.1 cm³/mol. The molecule has 0 aromatic carbocycles. The molecule has 0 atom stereocenters. The van der Waals surface area contributed by atoms with Crippen LogP contribution in [0.15, 0.2) is 35.0 Å². The van der Waals surface area contributed by atoms with Gasteiger partial charge in [0.2, 0.25) is 5.76 Å². The van der Waals surface area contributed by atoms with E-state index in [4.69, 9.17) is 16.1 Å². The first-order valence-electron chi connectivity index (χ1n) is 7.23. The molecule has 0 spiro atoms. The van der Waals surface area contributed by atoms with E-state index in [9.17, 15) is 4.79 Å². The summed E-state index contributed by atoms with van der Waals surface area (Å²) in [6.07, 6.45) is 3.87. The van der Waals surface area contributed by atoms with E-state index in [1.54, 1.807) is 23.0 Å². The second-order valence-corrected chi connectivity index (χ2v) is 7.22. The Morgan fingerprint density at radius 1 is 1.43 bits per heavy atom. The van der Waals surface area contributed by atoms with Gasteiger partial charge >= 0.3 is 0 Å².